The summed E-state index contributed by atoms with van der Waals surface area (Å²) in [5, 5.41) is 2.63. The van der Waals surface area contributed by atoms with Crippen molar-refractivity contribution in [1.82, 2.24) is 4.98 Å². The predicted molar refractivity (Wildman–Crippen MR) is 63.0 cm³/mol. The number of halogens is 4. The Hall–Kier alpha value is -2.11. The van der Waals surface area contributed by atoms with Crippen LogP contribution in [0.3, 0.4) is 0 Å². The molecule has 0 aliphatic carbocycles. The molecule has 19 heavy (non-hydrogen) atoms. The Morgan fingerprint density at radius 1 is 1.16 bits per heavy atom. The third-order valence-electron chi connectivity index (χ3n) is 2.50. The summed E-state index contributed by atoms with van der Waals surface area (Å²) < 4.78 is 50.9. The summed E-state index contributed by atoms with van der Waals surface area (Å²) in [5.74, 6) is -0.725. The van der Waals surface area contributed by atoms with E-state index in [0.717, 1.165) is 17.7 Å². The number of rotatable bonds is 3. The molecule has 100 valence electrons. The smallest absolute Gasteiger partial charge is 0.379 e. The van der Waals surface area contributed by atoms with Crippen molar-refractivity contribution in [3.05, 3.63) is 59.7 Å². The molecule has 0 saturated carbocycles. The van der Waals surface area contributed by atoms with Crippen LogP contribution in [0.2, 0.25) is 0 Å². The number of anilines is 1. The highest BCUT2D eigenvalue weighted by Gasteiger charge is 2.31. The first-order chi connectivity index (χ1) is 8.97. The van der Waals surface area contributed by atoms with E-state index in [4.69, 9.17) is 0 Å². The number of benzene rings is 1. The second-order valence-corrected chi connectivity index (χ2v) is 3.91. The van der Waals surface area contributed by atoms with Gasteiger partial charge in [0.05, 0.1) is 11.3 Å². The lowest BCUT2D eigenvalue weighted by atomic mass is 10.2. The van der Waals surface area contributed by atoms with Gasteiger partial charge in [-0.25, -0.2) is 4.39 Å². The second-order valence-electron chi connectivity index (χ2n) is 3.91. The molecular weight excluding hydrogens is 260 g/mol. The largest absolute Gasteiger partial charge is 0.416 e. The normalized spacial score (nSPS) is 11.4. The lowest BCUT2D eigenvalue weighted by Gasteiger charge is -2.11. The summed E-state index contributed by atoms with van der Waals surface area (Å²) in [6.07, 6.45) is -1.36. The van der Waals surface area contributed by atoms with Crippen molar-refractivity contribution < 1.29 is 17.6 Å². The Balaban J connectivity index is 2.16. The fraction of sp³-hybridized carbons (Fsp3) is 0.154. The van der Waals surface area contributed by atoms with Crippen LogP contribution in [0.25, 0.3) is 0 Å². The minimum atomic E-state index is -4.49. The number of hydrogen-bond acceptors (Lipinski definition) is 2. The lowest BCUT2D eigenvalue weighted by molar-refractivity contribution is -0.137. The van der Waals surface area contributed by atoms with Crippen LogP contribution >= 0.6 is 0 Å². The third-order valence-corrected chi connectivity index (χ3v) is 2.50. The van der Waals surface area contributed by atoms with E-state index >= 15 is 0 Å². The molecule has 1 N–H and O–H groups in total. The van der Waals surface area contributed by atoms with Gasteiger partial charge in [-0.15, -0.1) is 0 Å². The third kappa shape index (κ3) is 3.43. The van der Waals surface area contributed by atoms with Crippen LogP contribution in [-0.4, -0.2) is 4.98 Å². The summed E-state index contributed by atoms with van der Waals surface area (Å²) in [7, 11) is 0. The molecule has 0 aliphatic heterocycles. The average Bonchev–Trinajstić information content (AvgIpc) is 2.37. The number of nitrogens with one attached hydrogen (secondary N) is 1. The van der Waals surface area contributed by atoms with Gasteiger partial charge in [-0.1, -0.05) is 6.07 Å². The highest BCUT2D eigenvalue weighted by molar-refractivity contribution is 5.48. The van der Waals surface area contributed by atoms with Crippen molar-refractivity contribution in [1.29, 1.82) is 0 Å². The summed E-state index contributed by atoms with van der Waals surface area (Å²) in [6.45, 7) is 0.200. The molecule has 0 radical (unpaired) electrons. The molecule has 6 heteroatoms. The van der Waals surface area contributed by atoms with Gasteiger partial charge >= 0.3 is 6.18 Å². The van der Waals surface area contributed by atoms with Crippen molar-refractivity contribution in [2.45, 2.75) is 12.7 Å². The number of hydrogen-bond donors (Lipinski definition) is 1. The summed E-state index contributed by atoms with van der Waals surface area (Å²) >= 11 is 0. The molecule has 1 heterocycles. The van der Waals surface area contributed by atoms with Gasteiger partial charge in [-0.2, -0.15) is 13.2 Å². The molecule has 0 aliphatic rings. The van der Waals surface area contributed by atoms with Gasteiger partial charge in [0.1, 0.15) is 5.82 Å². The van der Waals surface area contributed by atoms with Gasteiger partial charge in [-0.3, -0.25) is 4.98 Å². The van der Waals surface area contributed by atoms with E-state index in [1.165, 1.54) is 0 Å². The molecule has 0 amide bonds. The number of pyridine rings is 1. The molecule has 0 bridgehead atoms. The van der Waals surface area contributed by atoms with Gasteiger partial charge < -0.3 is 5.32 Å². The monoisotopic (exact) mass is 270 g/mol. The maximum atomic E-state index is 13.4. The van der Waals surface area contributed by atoms with E-state index in [-0.39, 0.29) is 12.2 Å². The van der Waals surface area contributed by atoms with E-state index in [9.17, 15) is 17.6 Å². The van der Waals surface area contributed by atoms with E-state index in [2.05, 4.69) is 10.3 Å². The van der Waals surface area contributed by atoms with Crippen LogP contribution in [0.5, 0.6) is 0 Å². The molecule has 0 unspecified atom stereocenters. The van der Waals surface area contributed by atoms with Gasteiger partial charge in [-0.05, 0) is 29.8 Å². The topological polar surface area (TPSA) is 24.9 Å². The van der Waals surface area contributed by atoms with Crippen molar-refractivity contribution in [2.24, 2.45) is 0 Å². The van der Waals surface area contributed by atoms with Crippen molar-refractivity contribution in [3.63, 3.8) is 0 Å². The average molecular weight is 270 g/mol. The van der Waals surface area contributed by atoms with Gasteiger partial charge in [0, 0.05) is 18.9 Å². The number of alkyl halides is 3. The molecule has 1 aromatic carbocycles. The Morgan fingerprint density at radius 2 is 1.95 bits per heavy atom. The first-order valence-corrected chi connectivity index (χ1v) is 5.46. The lowest BCUT2D eigenvalue weighted by Crippen LogP contribution is -2.08. The first kappa shape index (κ1) is 13.3. The van der Waals surface area contributed by atoms with Gasteiger partial charge in [0.25, 0.3) is 0 Å². The van der Waals surface area contributed by atoms with Crippen LogP contribution in [0.1, 0.15) is 11.1 Å². The first-order valence-electron chi connectivity index (χ1n) is 5.46. The fourth-order valence-electron chi connectivity index (χ4n) is 1.54. The molecule has 0 spiro atoms. The molecule has 2 nitrogen and oxygen atoms in total. The Kier molecular flexibility index (Phi) is 3.69. The highest BCUT2D eigenvalue weighted by Crippen LogP contribution is 2.31. The summed E-state index contributed by atoms with van der Waals surface area (Å²) in [4.78, 5) is 3.86. The molecule has 0 saturated heterocycles. The van der Waals surface area contributed by atoms with E-state index in [1.54, 1.807) is 24.5 Å². The van der Waals surface area contributed by atoms with Gasteiger partial charge in [0.2, 0.25) is 0 Å². The quantitative estimate of drug-likeness (QED) is 0.857. The van der Waals surface area contributed by atoms with Crippen molar-refractivity contribution in [2.75, 3.05) is 5.32 Å². The van der Waals surface area contributed by atoms with E-state index in [0.29, 0.717) is 6.07 Å². The van der Waals surface area contributed by atoms with Crippen LogP contribution in [0.4, 0.5) is 23.2 Å². The number of aromatic nitrogens is 1. The Bertz CT molecular complexity index is 552. The van der Waals surface area contributed by atoms with Crippen molar-refractivity contribution >= 4 is 5.69 Å². The molecule has 0 atom stereocenters. The summed E-state index contributed by atoms with van der Waals surface area (Å²) in [5.41, 5.74) is -0.319. The standard InChI is InChI=1S/C13H10F4N2/c14-11-4-3-10(13(15,16)17)6-12(11)19-8-9-2-1-5-18-7-9/h1-7,19H,8H2. The van der Waals surface area contributed by atoms with Crippen LogP contribution in [0.15, 0.2) is 42.7 Å². The minimum absolute atomic E-state index is 0.182. The molecule has 2 rings (SSSR count). The fourth-order valence-corrected chi connectivity index (χ4v) is 1.54. The van der Waals surface area contributed by atoms with Crippen LogP contribution in [-0.2, 0) is 12.7 Å². The van der Waals surface area contributed by atoms with E-state index in [1.807, 2.05) is 0 Å². The predicted octanol–water partition coefficient (Wildman–Crippen LogP) is 3.85. The highest BCUT2D eigenvalue weighted by atomic mass is 19.4. The van der Waals surface area contributed by atoms with E-state index < -0.39 is 17.6 Å². The van der Waals surface area contributed by atoms with Gasteiger partial charge in [0.15, 0.2) is 0 Å². The zero-order valence-corrected chi connectivity index (χ0v) is 9.71. The molecule has 2 aromatic rings. The van der Waals surface area contributed by atoms with Crippen LogP contribution in [0, 0.1) is 5.82 Å². The maximum absolute atomic E-state index is 13.4. The Morgan fingerprint density at radius 3 is 2.58 bits per heavy atom. The van der Waals surface area contributed by atoms with Crippen molar-refractivity contribution in [3.8, 4) is 0 Å². The Labute approximate surface area is 107 Å². The minimum Gasteiger partial charge on any atom is -0.379 e. The molecule has 0 fully saturated rings. The molecule has 1 aromatic heterocycles. The maximum Gasteiger partial charge on any atom is 0.416 e. The zero-order chi connectivity index (χ0) is 13.9. The van der Waals surface area contributed by atoms with Crippen LogP contribution < -0.4 is 5.32 Å². The number of nitrogens with zero attached hydrogens (tertiary/aromatic N) is 1. The molecular formula is C13H10F4N2. The SMILES string of the molecule is Fc1ccc(C(F)(F)F)cc1NCc1cccnc1. The zero-order valence-electron chi connectivity index (χ0n) is 9.71. The summed E-state index contributed by atoms with van der Waals surface area (Å²) in [6, 6.07) is 5.70. The second kappa shape index (κ2) is 5.26.